The fourth-order valence-corrected chi connectivity index (χ4v) is 5.97. The van der Waals surface area contributed by atoms with Gasteiger partial charge in [0.1, 0.15) is 15.5 Å². The molecule has 2 atom stereocenters. The number of thiophene rings is 1. The second kappa shape index (κ2) is 10.1. The van der Waals surface area contributed by atoms with Gasteiger partial charge in [-0.1, -0.05) is 6.58 Å². The third-order valence-electron chi connectivity index (χ3n) is 6.48. The molecule has 2 aliphatic rings. The molecule has 2 aromatic heterocycles. The van der Waals surface area contributed by atoms with Gasteiger partial charge in [0.15, 0.2) is 0 Å². The molecule has 1 aromatic carbocycles. The van der Waals surface area contributed by atoms with Crippen molar-refractivity contribution in [3.05, 3.63) is 53.6 Å². The molecule has 3 aromatic rings. The Kier molecular flexibility index (Phi) is 6.80. The van der Waals surface area contributed by atoms with E-state index in [2.05, 4.69) is 22.2 Å². The number of ether oxygens (including phenoxy) is 1. The van der Waals surface area contributed by atoms with Gasteiger partial charge in [0, 0.05) is 25.3 Å². The molecule has 38 heavy (non-hydrogen) atoms. The third kappa shape index (κ3) is 4.70. The van der Waals surface area contributed by atoms with E-state index in [4.69, 9.17) is 4.74 Å². The molecule has 3 N–H and O–H groups in total. The molecule has 4 amide bonds. The summed E-state index contributed by atoms with van der Waals surface area (Å²) < 4.78 is 5.79. The van der Waals surface area contributed by atoms with Gasteiger partial charge in [0.05, 0.1) is 34.7 Å². The normalized spacial score (nSPS) is 18.9. The lowest BCUT2D eigenvalue weighted by molar-refractivity contribution is -0.129. The number of amides is 4. The van der Waals surface area contributed by atoms with Crippen LogP contribution in [0, 0.1) is 6.92 Å². The number of aliphatic hydroxyl groups is 1. The van der Waals surface area contributed by atoms with Gasteiger partial charge >= 0.3 is 6.03 Å². The van der Waals surface area contributed by atoms with Crippen LogP contribution in [0.4, 0.5) is 21.9 Å². The molecular formula is C27H29N5O5S. The first kappa shape index (κ1) is 25.7. The van der Waals surface area contributed by atoms with E-state index >= 15 is 0 Å². The minimum Gasteiger partial charge on any atom is -0.491 e. The van der Waals surface area contributed by atoms with Gasteiger partial charge in [-0.25, -0.2) is 9.78 Å². The molecule has 2 aliphatic heterocycles. The molecule has 0 radical (unpaired) electrons. The lowest BCUT2D eigenvalue weighted by Crippen LogP contribution is -2.54. The smallest absolute Gasteiger partial charge is 0.331 e. The Morgan fingerprint density at radius 1 is 1.29 bits per heavy atom. The Bertz CT molecular complexity index is 1450. The van der Waals surface area contributed by atoms with E-state index in [-0.39, 0.29) is 25.1 Å². The highest BCUT2D eigenvalue weighted by Crippen LogP contribution is 2.46. The number of anilines is 3. The Labute approximate surface area is 223 Å². The molecule has 1 saturated heterocycles. The number of nitrogens with zero attached hydrogens (tertiary/aromatic N) is 3. The molecule has 198 valence electrons. The number of benzene rings is 1. The summed E-state index contributed by atoms with van der Waals surface area (Å²) in [6, 6.07) is 6.47. The predicted molar refractivity (Wildman–Crippen MR) is 146 cm³/mol. The van der Waals surface area contributed by atoms with Crippen molar-refractivity contribution in [3.63, 3.8) is 0 Å². The fourth-order valence-electron chi connectivity index (χ4n) is 4.94. The van der Waals surface area contributed by atoms with Crippen LogP contribution >= 0.6 is 11.3 Å². The second-order valence-electron chi connectivity index (χ2n) is 9.70. The number of piperidine rings is 1. The van der Waals surface area contributed by atoms with Gasteiger partial charge in [-0.15, -0.1) is 11.3 Å². The summed E-state index contributed by atoms with van der Waals surface area (Å²) in [5, 5.41) is 16.7. The highest BCUT2D eigenvalue weighted by atomic mass is 32.1. The van der Waals surface area contributed by atoms with Crippen molar-refractivity contribution >= 4 is 56.5 Å². The van der Waals surface area contributed by atoms with E-state index in [0.717, 1.165) is 11.3 Å². The standard InChI is InChI=1S/C27H29N5O5S/c1-5-21(34)31-12-16(11-17(33)13-31)29-25(35)24-23-22-20(8-9-28-26(22)38-24)32(27(36)30-23)19-7-6-18(10-15(19)4)37-14(2)3/h5-10,14,16-17,33H,1,11-13H2,2-4H3,(H,29,35)(H,30,36)/t16-,17?/m1/s1. The van der Waals surface area contributed by atoms with Crippen molar-refractivity contribution in [2.45, 2.75) is 45.4 Å². The number of hydrogen-bond donors (Lipinski definition) is 3. The first-order valence-electron chi connectivity index (χ1n) is 12.4. The van der Waals surface area contributed by atoms with Crippen molar-refractivity contribution in [2.75, 3.05) is 23.3 Å². The minimum atomic E-state index is -0.763. The number of hydrogen-bond acceptors (Lipinski definition) is 7. The molecule has 11 heteroatoms. The monoisotopic (exact) mass is 535 g/mol. The average Bonchev–Trinajstić information content (AvgIpc) is 3.23. The third-order valence-corrected chi connectivity index (χ3v) is 7.58. The summed E-state index contributed by atoms with van der Waals surface area (Å²) in [7, 11) is 0. The maximum Gasteiger partial charge on any atom is 0.331 e. The highest BCUT2D eigenvalue weighted by Gasteiger charge is 2.35. The van der Waals surface area contributed by atoms with Crippen LogP contribution in [0.5, 0.6) is 5.75 Å². The molecular weight excluding hydrogens is 506 g/mol. The number of aromatic nitrogens is 1. The Hall–Kier alpha value is -3.96. The Morgan fingerprint density at radius 3 is 2.79 bits per heavy atom. The summed E-state index contributed by atoms with van der Waals surface area (Å²) in [6.07, 6.45) is 2.38. The number of urea groups is 1. The van der Waals surface area contributed by atoms with E-state index in [1.165, 1.54) is 22.3 Å². The summed E-state index contributed by atoms with van der Waals surface area (Å²) in [5.41, 5.74) is 2.58. The van der Waals surface area contributed by atoms with Gasteiger partial charge < -0.3 is 25.4 Å². The van der Waals surface area contributed by atoms with Crippen LogP contribution in [0.15, 0.2) is 43.1 Å². The quantitative estimate of drug-likeness (QED) is 0.411. The van der Waals surface area contributed by atoms with Crippen molar-refractivity contribution in [3.8, 4) is 5.75 Å². The van der Waals surface area contributed by atoms with Gasteiger partial charge in [0.2, 0.25) is 5.91 Å². The number of β-amino-alcohol motifs (C(OH)–C–C–N with tert-alkyl or cyclic N) is 1. The van der Waals surface area contributed by atoms with Crippen molar-refractivity contribution in [2.24, 2.45) is 0 Å². The average molecular weight is 536 g/mol. The number of nitrogens with one attached hydrogen (secondary N) is 2. The van der Waals surface area contributed by atoms with E-state index < -0.39 is 24.1 Å². The van der Waals surface area contributed by atoms with Crippen LogP contribution in [-0.4, -0.2) is 64.2 Å². The minimum absolute atomic E-state index is 0.0266. The number of aliphatic hydroxyl groups excluding tert-OH is 1. The lowest BCUT2D eigenvalue weighted by atomic mass is 10.0. The SMILES string of the molecule is C=CC(=O)N1CC(O)C[C@@H](NC(=O)c2sc3nccc4c3c2NC(=O)N4c2ccc(OC(C)C)cc2C)C1. The maximum atomic E-state index is 13.4. The molecule has 1 fully saturated rings. The summed E-state index contributed by atoms with van der Waals surface area (Å²) in [4.78, 5) is 47.3. The largest absolute Gasteiger partial charge is 0.491 e. The predicted octanol–water partition coefficient (Wildman–Crippen LogP) is 3.95. The second-order valence-corrected chi connectivity index (χ2v) is 10.7. The number of rotatable bonds is 6. The lowest BCUT2D eigenvalue weighted by Gasteiger charge is -2.35. The van der Waals surface area contributed by atoms with Crippen molar-refractivity contribution in [1.82, 2.24) is 15.2 Å². The van der Waals surface area contributed by atoms with Crippen LogP contribution in [0.25, 0.3) is 10.2 Å². The molecule has 0 aliphatic carbocycles. The Morgan fingerprint density at radius 2 is 2.08 bits per heavy atom. The number of carbonyl (C=O) groups excluding carboxylic acids is 3. The fraction of sp³-hybridized carbons (Fsp3) is 0.333. The zero-order valence-corrected chi connectivity index (χ0v) is 22.2. The molecule has 0 saturated carbocycles. The van der Waals surface area contributed by atoms with Gasteiger partial charge in [-0.05, 0) is 63.1 Å². The van der Waals surface area contributed by atoms with Crippen molar-refractivity contribution < 1.29 is 24.2 Å². The summed E-state index contributed by atoms with van der Waals surface area (Å²) >= 11 is 1.18. The van der Waals surface area contributed by atoms with Gasteiger partial charge in [-0.2, -0.15) is 0 Å². The van der Waals surface area contributed by atoms with E-state index in [9.17, 15) is 19.5 Å². The number of aryl methyl sites for hydroxylation is 1. The molecule has 1 unspecified atom stereocenters. The Balaban J connectivity index is 1.47. The summed E-state index contributed by atoms with van der Waals surface area (Å²) in [6.45, 7) is 9.76. The highest BCUT2D eigenvalue weighted by molar-refractivity contribution is 7.21. The first-order valence-corrected chi connectivity index (χ1v) is 13.2. The van der Waals surface area contributed by atoms with E-state index in [1.54, 1.807) is 17.2 Å². The first-order chi connectivity index (χ1) is 18.2. The molecule has 0 bridgehead atoms. The molecule has 10 nitrogen and oxygen atoms in total. The zero-order valence-electron chi connectivity index (χ0n) is 21.4. The van der Waals surface area contributed by atoms with Crippen LogP contribution in [0.1, 0.15) is 35.5 Å². The van der Waals surface area contributed by atoms with E-state index in [0.29, 0.717) is 38.6 Å². The van der Waals surface area contributed by atoms with Gasteiger partial charge in [0.25, 0.3) is 5.91 Å². The number of likely N-dealkylation sites (tertiary alicyclic amines) is 1. The van der Waals surface area contributed by atoms with Crippen LogP contribution in [0.3, 0.4) is 0 Å². The molecule has 5 rings (SSSR count). The van der Waals surface area contributed by atoms with E-state index in [1.807, 2.05) is 39.0 Å². The molecule has 0 spiro atoms. The van der Waals surface area contributed by atoms with Gasteiger partial charge in [-0.3, -0.25) is 14.5 Å². The number of pyridine rings is 1. The molecule has 4 heterocycles. The van der Waals surface area contributed by atoms with Crippen LogP contribution < -0.4 is 20.3 Å². The number of carbonyl (C=O) groups is 3. The topological polar surface area (TPSA) is 124 Å². The zero-order chi connectivity index (χ0) is 27.1. The van der Waals surface area contributed by atoms with Crippen LogP contribution in [0.2, 0.25) is 0 Å². The maximum absolute atomic E-state index is 13.4. The van der Waals surface area contributed by atoms with Crippen LogP contribution in [-0.2, 0) is 4.79 Å². The summed E-state index contributed by atoms with van der Waals surface area (Å²) in [5.74, 6) is 0.00863. The van der Waals surface area contributed by atoms with Crippen molar-refractivity contribution in [1.29, 1.82) is 0 Å².